The van der Waals surface area contributed by atoms with Gasteiger partial charge in [0, 0.05) is 0 Å². The molecule has 0 saturated heterocycles. The van der Waals surface area contributed by atoms with Crippen molar-refractivity contribution in [3.8, 4) is 16.9 Å². The van der Waals surface area contributed by atoms with Crippen molar-refractivity contribution in [1.29, 1.82) is 0 Å². The van der Waals surface area contributed by atoms with Gasteiger partial charge >= 0.3 is 18.5 Å². The number of esters is 1. The number of benzene rings is 2. The molecule has 0 heterocycles. The van der Waals surface area contributed by atoms with Gasteiger partial charge in [-0.15, -0.1) is 13.2 Å². The van der Waals surface area contributed by atoms with E-state index >= 15 is 0 Å². The molecule has 9 heteroatoms. The van der Waals surface area contributed by atoms with E-state index in [4.69, 9.17) is 0 Å². The van der Waals surface area contributed by atoms with Gasteiger partial charge in [-0.3, -0.25) is 0 Å². The molecule has 0 atom stereocenters. The second kappa shape index (κ2) is 7.27. The summed E-state index contributed by atoms with van der Waals surface area (Å²) < 4.78 is 84.6. The topological polar surface area (TPSA) is 35.5 Å². The number of hydrogen-bond donors (Lipinski definition) is 0. The predicted octanol–water partition coefficient (Wildman–Crippen LogP) is 5.45. The van der Waals surface area contributed by atoms with E-state index in [9.17, 15) is 31.1 Å². The molecule has 0 fully saturated rings. The normalized spacial score (nSPS) is 12.0. The van der Waals surface area contributed by atoms with Gasteiger partial charge in [-0.25, -0.2) is 4.79 Å². The molecule has 0 aromatic heterocycles. The van der Waals surface area contributed by atoms with Crippen molar-refractivity contribution in [2.45, 2.75) is 19.5 Å². The first-order valence-electron chi connectivity index (χ1n) is 7.26. The molecular weight excluding hydrogens is 366 g/mol. The molecule has 0 N–H and O–H groups in total. The maximum atomic E-state index is 13.1. The smallest absolute Gasteiger partial charge is 0.462 e. The molecule has 0 aliphatic rings. The van der Waals surface area contributed by atoms with E-state index in [0.29, 0.717) is 6.07 Å². The molecule has 0 spiro atoms. The molecule has 2 aromatic rings. The Morgan fingerprint density at radius 1 is 0.962 bits per heavy atom. The van der Waals surface area contributed by atoms with Crippen LogP contribution in [0.4, 0.5) is 26.3 Å². The van der Waals surface area contributed by atoms with Crippen LogP contribution < -0.4 is 4.74 Å². The number of halogens is 6. The molecule has 26 heavy (non-hydrogen) atoms. The summed E-state index contributed by atoms with van der Waals surface area (Å²) in [6.45, 7) is 1.31. The summed E-state index contributed by atoms with van der Waals surface area (Å²) in [5.74, 6) is -1.71. The third kappa shape index (κ3) is 4.90. The molecule has 0 amide bonds. The first kappa shape index (κ1) is 19.6. The van der Waals surface area contributed by atoms with Gasteiger partial charge in [0.05, 0.1) is 17.7 Å². The third-order valence-corrected chi connectivity index (χ3v) is 3.22. The van der Waals surface area contributed by atoms with E-state index in [2.05, 4.69) is 9.47 Å². The van der Waals surface area contributed by atoms with E-state index in [0.717, 1.165) is 24.3 Å². The summed E-state index contributed by atoms with van der Waals surface area (Å²) in [7, 11) is 0. The summed E-state index contributed by atoms with van der Waals surface area (Å²) in [5.41, 5.74) is -1.67. The summed E-state index contributed by atoms with van der Waals surface area (Å²) in [6, 6.07) is 7.34. The van der Waals surface area contributed by atoms with Crippen molar-refractivity contribution >= 4 is 5.97 Å². The van der Waals surface area contributed by atoms with Crippen molar-refractivity contribution in [2.75, 3.05) is 6.61 Å². The molecule has 0 unspecified atom stereocenters. The van der Waals surface area contributed by atoms with Crippen LogP contribution in [0.25, 0.3) is 11.1 Å². The first-order valence-corrected chi connectivity index (χ1v) is 7.26. The Bertz CT molecular complexity index is 796. The van der Waals surface area contributed by atoms with Gasteiger partial charge in [0.25, 0.3) is 0 Å². The number of alkyl halides is 6. The standard InChI is InChI=1S/C17H12F6O3/c1-2-25-15(24)13-9-11(6-7-14(13)16(18,19)20)10-4-3-5-12(8-10)26-17(21,22)23/h3-9H,2H2,1H3. The lowest BCUT2D eigenvalue weighted by molar-refractivity contribution is -0.274. The summed E-state index contributed by atoms with van der Waals surface area (Å²) in [4.78, 5) is 11.9. The maximum Gasteiger partial charge on any atom is 0.573 e. The molecule has 3 nitrogen and oxygen atoms in total. The lowest BCUT2D eigenvalue weighted by atomic mass is 9.98. The van der Waals surface area contributed by atoms with Crippen molar-refractivity contribution in [3.63, 3.8) is 0 Å². The van der Waals surface area contributed by atoms with Crippen LogP contribution in [0.3, 0.4) is 0 Å². The van der Waals surface area contributed by atoms with Crippen molar-refractivity contribution in [2.24, 2.45) is 0 Å². The minimum atomic E-state index is -4.91. The van der Waals surface area contributed by atoms with Crippen molar-refractivity contribution in [1.82, 2.24) is 0 Å². The molecule has 0 aliphatic heterocycles. The van der Waals surface area contributed by atoms with Crippen LogP contribution >= 0.6 is 0 Å². The van der Waals surface area contributed by atoms with Gasteiger partial charge in [0.1, 0.15) is 5.75 Å². The molecular formula is C17H12F6O3. The number of carbonyl (C=O) groups is 1. The lowest BCUT2D eigenvalue weighted by Crippen LogP contribution is -2.17. The van der Waals surface area contributed by atoms with Crippen LogP contribution in [0.15, 0.2) is 42.5 Å². The van der Waals surface area contributed by atoms with Gasteiger partial charge < -0.3 is 9.47 Å². The lowest BCUT2D eigenvalue weighted by Gasteiger charge is -2.14. The van der Waals surface area contributed by atoms with Crippen molar-refractivity contribution < 1.29 is 40.6 Å². The van der Waals surface area contributed by atoms with Gasteiger partial charge in [0.2, 0.25) is 0 Å². The van der Waals surface area contributed by atoms with E-state index < -0.39 is 35.4 Å². The zero-order valence-electron chi connectivity index (χ0n) is 13.2. The fourth-order valence-electron chi connectivity index (χ4n) is 2.22. The van der Waals surface area contributed by atoms with Crippen LogP contribution in [0, 0.1) is 0 Å². The fraction of sp³-hybridized carbons (Fsp3) is 0.235. The number of rotatable bonds is 4. The van der Waals surface area contributed by atoms with E-state index in [1.807, 2.05) is 0 Å². The highest BCUT2D eigenvalue weighted by molar-refractivity contribution is 5.93. The highest BCUT2D eigenvalue weighted by Crippen LogP contribution is 2.35. The summed E-state index contributed by atoms with van der Waals surface area (Å²) >= 11 is 0. The Hall–Kier alpha value is -2.71. The van der Waals surface area contributed by atoms with Crippen LogP contribution in [-0.4, -0.2) is 18.9 Å². The SMILES string of the molecule is CCOC(=O)c1cc(-c2cccc(OC(F)(F)F)c2)ccc1C(F)(F)F. The molecule has 0 saturated carbocycles. The molecule has 2 aromatic carbocycles. The zero-order valence-corrected chi connectivity index (χ0v) is 13.2. The average Bonchev–Trinajstić information content (AvgIpc) is 2.52. The summed E-state index contributed by atoms with van der Waals surface area (Å²) in [5, 5.41) is 0. The van der Waals surface area contributed by atoms with Crippen LogP contribution in [0.5, 0.6) is 5.75 Å². The molecule has 2 rings (SSSR count). The first-order chi connectivity index (χ1) is 12.0. The largest absolute Gasteiger partial charge is 0.573 e. The van der Waals surface area contributed by atoms with Crippen LogP contribution in [0.1, 0.15) is 22.8 Å². The number of ether oxygens (including phenoxy) is 2. The number of hydrogen-bond acceptors (Lipinski definition) is 3. The van der Waals surface area contributed by atoms with Gasteiger partial charge in [-0.1, -0.05) is 18.2 Å². The van der Waals surface area contributed by atoms with E-state index in [1.165, 1.54) is 19.1 Å². The quantitative estimate of drug-likeness (QED) is 0.524. The Labute approximate surface area is 144 Å². The minimum absolute atomic E-state index is 0.105. The Kier molecular flexibility index (Phi) is 5.48. The maximum absolute atomic E-state index is 13.1. The minimum Gasteiger partial charge on any atom is -0.462 e. The summed E-state index contributed by atoms with van der Waals surface area (Å²) in [6.07, 6.45) is -9.70. The molecule has 0 bridgehead atoms. The average molecular weight is 378 g/mol. The Morgan fingerprint density at radius 3 is 2.19 bits per heavy atom. The van der Waals surface area contributed by atoms with E-state index in [-0.39, 0.29) is 17.7 Å². The molecule has 140 valence electrons. The fourth-order valence-corrected chi connectivity index (χ4v) is 2.22. The second-order valence-corrected chi connectivity index (χ2v) is 5.05. The molecule has 0 aliphatic carbocycles. The zero-order chi connectivity index (χ0) is 19.5. The highest BCUT2D eigenvalue weighted by atomic mass is 19.4. The van der Waals surface area contributed by atoms with Gasteiger partial charge in [-0.05, 0) is 42.3 Å². The highest BCUT2D eigenvalue weighted by Gasteiger charge is 2.36. The van der Waals surface area contributed by atoms with Crippen molar-refractivity contribution in [3.05, 3.63) is 53.6 Å². The van der Waals surface area contributed by atoms with Crippen LogP contribution in [0.2, 0.25) is 0 Å². The van der Waals surface area contributed by atoms with Gasteiger partial charge in [0.15, 0.2) is 0 Å². The Balaban J connectivity index is 2.49. The molecule has 0 radical (unpaired) electrons. The predicted molar refractivity (Wildman–Crippen MR) is 79.5 cm³/mol. The van der Waals surface area contributed by atoms with Gasteiger partial charge in [-0.2, -0.15) is 13.2 Å². The number of carbonyl (C=O) groups excluding carboxylic acids is 1. The third-order valence-electron chi connectivity index (χ3n) is 3.22. The van der Waals surface area contributed by atoms with E-state index in [1.54, 1.807) is 0 Å². The second-order valence-electron chi connectivity index (χ2n) is 5.05. The Morgan fingerprint density at radius 2 is 1.62 bits per heavy atom. The van der Waals surface area contributed by atoms with Crippen LogP contribution in [-0.2, 0) is 10.9 Å². The monoisotopic (exact) mass is 378 g/mol.